The highest BCUT2D eigenvalue weighted by atomic mass is 35.5. The molecule has 3 heterocycles. The highest BCUT2D eigenvalue weighted by Crippen LogP contribution is 2.30. The Morgan fingerprint density at radius 2 is 2.04 bits per heavy atom. The Kier molecular flexibility index (Phi) is 5.33. The Labute approximate surface area is 165 Å². The van der Waals surface area contributed by atoms with E-state index in [0.29, 0.717) is 29.1 Å². The molecule has 0 atom stereocenters. The molecule has 1 fully saturated rings. The maximum absolute atomic E-state index is 12.6. The summed E-state index contributed by atoms with van der Waals surface area (Å²) in [5.41, 5.74) is 2.89. The molecule has 0 aliphatic carbocycles. The van der Waals surface area contributed by atoms with Crippen LogP contribution in [0.5, 0.6) is 0 Å². The molecule has 1 N–H and O–H groups in total. The van der Waals surface area contributed by atoms with Crippen LogP contribution in [0.25, 0.3) is 11.3 Å². The number of aromatic nitrogens is 2. The summed E-state index contributed by atoms with van der Waals surface area (Å²) in [6, 6.07) is 11.2. The van der Waals surface area contributed by atoms with Gasteiger partial charge in [0.2, 0.25) is 0 Å². The fourth-order valence-corrected chi connectivity index (χ4v) is 3.78. The molecule has 0 spiro atoms. The van der Waals surface area contributed by atoms with Crippen LogP contribution in [0.1, 0.15) is 10.5 Å². The number of ether oxygens (including phenoxy) is 1. The van der Waals surface area contributed by atoms with Crippen molar-refractivity contribution in [1.29, 1.82) is 0 Å². The Balaban J connectivity index is 1.49. The van der Waals surface area contributed by atoms with E-state index in [4.69, 9.17) is 16.3 Å². The van der Waals surface area contributed by atoms with Gasteiger partial charge in [0.05, 0.1) is 18.9 Å². The molecule has 1 aromatic carbocycles. The van der Waals surface area contributed by atoms with Gasteiger partial charge in [0.15, 0.2) is 5.13 Å². The van der Waals surface area contributed by atoms with Gasteiger partial charge in [0, 0.05) is 40.9 Å². The predicted molar refractivity (Wildman–Crippen MR) is 108 cm³/mol. The molecule has 4 rings (SSSR count). The summed E-state index contributed by atoms with van der Waals surface area (Å²) in [6.45, 7) is 2.99. The molecular formula is C19H17ClN4O2S. The van der Waals surface area contributed by atoms with Gasteiger partial charge in [-0.2, -0.15) is 0 Å². The van der Waals surface area contributed by atoms with Crippen LogP contribution >= 0.6 is 22.9 Å². The number of carbonyl (C=O) groups excluding carboxylic acids is 1. The molecule has 6 nitrogen and oxygen atoms in total. The number of benzene rings is 1. The van der Waals surface area contributed by atoms with Gasteiger partial charge in [-0.25, -0.2) is 4.98 Å². The number of thiazole rings is 1. The molecule has 3 aromatic rings. The summed E-state index contributed by atoms with van der Waals surface area (Å²) in [6.07, 6.45) is 1.65. The summed E-state index contributed by atoms with van der Waals surface area (Å²) in [5.74, 6) is -0.287. The van der Waals surface area contributed by atoms with Crippen molar-refractivity contribution in [3.63, 3.8) is 0 Å². The number of carbonyl (C=O) groups is 1. The van der Waals surface area contributed by atoms with Gasteiger partial charge in [-0.1, -0.05) is 29.8 Å². The van der Waals surface area contributed by atoms with Crippen molar-refractivity contribution in [2.75, 3.05) is 36.5 Å². The maximum Gasteiger partial charge on any atom is 0.276 e. The first-order valence-electron chi connectivity index (χ1n) is 8.51. The number of anilines is 2. The average Bonchev–Trinajstić information content (AvgIpc) is 3.17. The van der Waals surface area contributed by atoms with Crippen LogP contribution < -0.4 is 10.2 Å². The lowest BCUT2D eigenvalue weighted by Gasteiger charge is -2.28. The first kappa shape index (κ1) is 17.9. The van der Waals surface area contributed by atoms with E-state index in [1.807, 2.05) is 35.7 Å². The summed E-state index contributed by atoms with van der Waals surface area (Å²) in [4.78, 5) is 23.4. The zero-order valence-electron chi connectivity index (χ0n) is 14.4. The Morgan fingerprint density at radius 3 is 2.85 bits per heavy atom. The van der Waals surface area contributed by atoms with E-state index in [9.17, 15) is 4.79 Å². The van der Waals surface area contributed by atoms with Gasteiger partial charge in [-0.3, -0.25) is 15.1 Å². The molecule has 1 aliphatic rings. The van der Waals surface area contributed by atoms with Crippen molar-refractivity contribution in [2.45, 2.75) is 0 Å². The molecule has 0 saturated carbocycles. The molecule has 138 valence electrons. The van der Waals surface area contributed by atoms with Crippen LogP contribution in [0.15, 0.2) is 48.0 Å². The van der Waals surface area contributed by atoms with Gasteiger partial charge >= 0.3 is 0 Å². The third-order valence-corrected chi connectivity index (χ3v) is 5.31. The Morgan fingerprint density at radius 1 is 1.22 bits per heavy atom. The number of nitrogens with zero attached hydrogens (tertiary/aromatic N) is 3. The van der Waals surface area contributed by atoms with Gasteiger partial charge in [-0.05, 0) is 18.2 Å². The number of hydrogen-bond acceptors (Lipinski definition) is 6. The number of halogens is 1. The number of rotatable bonds is 4. The lowest BCUT2D eigenvalue weighted by molar-refractivity contribution is 0.102. The van der Waals surface area contributed by atoms with Crippen LogP contribution in [-0.2, 0) is 4.74 Å². The minimum absolute atomic E-state index is 0.287. The fourth-order valence-electron chi connectivity index (χ4n) is 2.85. The second kappa shape index (κ2) is 8.04. The summed E-state index contributed by atoms with van der Waals surface area (Å²) in [7, 11) is 0. The van der Waals surface area contributed by atoms with Crippen molar-refractivity contribution >= 4 is 39.7 Å². The highest BCUT2D eigenvalue weighted by molar-refractivity contribution is 7.14. The van der Waals surface area contributed by atoms with Crippen LogP contribution in [0.4, 0.5) is 10.8 Å². The average molecular weight is 401 g/mol. The SMILES string of the molecule is O=C(Nc1nc(-c2ccccc2Cl)cs1)c1cc(N2CCOCC2)ccn1. The number of hydrogen-bond donors (Lipinski definition) is 1. The van der Waals surface area contributed by atoms with Gasteiger partial charge < -0.3 is 9.64 Å². The third-order valence-electron chi connectivity index (χ3n) is 4.23. The second-order valence-electron chi connectivity index (χ2n) is 5.97. The van der Waals surface area contributed by atoms with Gasteiger partial charge in [0.25, 0.3) is 5.91 Å². The van der Waals surface area contributed by atoms with Crippen molar-refractivity contribution in [2.24, 2.45) is 0 Å². The van der Waals surface area contributed by atoms with E-state index in [1.165, 1.54) is 11.3 Å². The van der Waals surface area contributed by atoms with Gasteiger partial charge in [-0.15, -0.1) is 11.3 Å². The normalized spacial score (nSPS) is 14.2. The first-order chi connectivity index (χ1) is 13.2. The molecule has 0 bridgehead atoms. The number of nitrogens with one attached hydrogen (secondary N) is 1. The number of pyridine rings is 1. The van der Waals surface area contributed by atoms with E-state index < -0.39 is 0 Å². The number of amides is 1. The van der Waals surface area contributed by atoms with E-state index >= 15 is 0 Å². The van der Waals surface area contributed by atoms with E-state index in [0.717, 1.165) is 30.0 Å². The largest absolute Gasteiger partial charge is 0.378 e. The first-order valence-corrected chi connectivity index (χ1v) is 9.77. The summed E-state index contributed by atoms with van der Waals surface area (Å²) >= 11 is 7.57. The Hall–Kier alpha value is -2.48. The molecule has 0 radical (unpaired) electrons. The minimum atomic E-state index is -0.287. The molecule has 0 unspecified atom stereocenters. The standard InChI is InChI=1S/C19H17ClN4O2S/c20-15-4-2-1-3-14(15)17-12-27-19(22-17)23-18(25)16-11-13(5-6-21-16)24-7-9-26-10-8-24/h1-6,11-12H,7-10H2,(H,22,23,25). The quantitative estimate of drug-likeness (QED) is 0.718. The minimum Gasteiger partial charge on any atom is -0.378 e. The smallest absolute Gasteiger partial charge is 0.276 e. The van der Waals surface area contributed by atoms with Crippen LogP contribution in [0.2, 0.25) is 5.02 Å². The fraction of sp³-hybridized carbons (Fsp3) is 0.211. The van der Waals surface area contributed by atoms with E-state index in [-0.39, 0.29) is 5.91 Å². The monoisotopic (exact) mass is 400 g/mol. The molecule has 2 aromatic heterocycles. The molecule has 27 heavy (non-hydrogen) atoms. The van der Waals surface area contributed by atoms with Crippen molar-refractivity contribution < 1.29 is 9.53 Å². The zero-order chi connectivity index (χ0) is 18.6. The second-order valence-corrected chi connectivity index (χ2v) is 7.24. The van der Waals surface area contributed by atoms with Crippen molar-refractivity contribution in [3.05, 3.63) is 58.7 Å². The highest BCUT2D eigenvalue weighted by Gasteiger charge is 2.16. The Bertz CT molecular complexity index is 956. The lowest BCUT2D eigenvalue weighted by atomic mass is 10.2. The van der Waals surface area contributed by atoms with Crippen LogP contribution in [0, 0.1) is 0 Å². The van der Waals surface area contributed by atoms with Gasteiger partial charge in [0.1, 0.15) is 5.69 Å². The van der Waals surface area contributed by atoms with Crippen LogP contribution in [-0.4, -0.2) is 42.2 Å². The summed E-state index contributed by atoms with van der Waals surface area (Å²) in [5, 5.41) is 5.82. The number of morpholine rings is 1. The lowest BCUT2D eigenvalue weighted by Crippen LogP contribution is -2.36. The maximum atomic E-state index is 12.6. The van der Waals surface area contributed by atoms with Crippen LogP contribution in [0.3, 0.4) is 0 Å². The molecule has 1 saturated heterocycles. The third kappa shape index (κ3) is 4.10. The molecule has 1 aliphatic heterocycles. The predicted octanol–water partition coefficient (Wildman–Crippen LogP) is 3.95. The van der Waals surface area contributed by atoms with E-state index in [2.05, 4.69) is 20.2 Å². The van der Waals surface area contributed by atoms with Crippen molar-refractivity contribution in [3.8, 4) is 11.3 Å². The topological polar surface area (TPSA) is 67.4 Å². The molecule has 8 heteroatoms. The van der Waals surface area contributed by atoms with E-state index in [1.54, 1.807) is 12.3 Å². The molecule has 1 amide bonds. The summed E-state index contributed by atoms with van der Waals surface area (Å²) < 4.78 is 5.37. The zero-order valence-corrected chi connectivity index (χ0v) is 16.0. The van der Waals surface area contributed by atoms with Crippen molar-refractivity contribution in [1.82, 2.24) is 9.97 Å². The molecular weight excluding hydrogens is 384 g/mol.